The number of pyridine rings is 1. The van der Waals surface area contributed by atoms with E-state index in [0.717, 1.165) is 18.2 Å². The maximum absolute atomic E-state index is 12.1. The van der Waals surface area contributed by atoms with Gasteiger partial charge in [0, 0.05) is 18.3 Å². The Morgan fingerprint density at radius 3 is 2.47 bits per heavy atom. The first kappa shape index (κ1) is 13.0. The predicted molar refractivity (Wildman–Crippen MR) is 64.5 cm³/mol. The number of hydrogen-bond donors (Lipinski definition) is 1. The Kier molecular flexibility index (Phi) is 3.17. The monoisotopic (exact) mass is 280 g/mol. The van der Waals surface area contributed by atoms with Gasteiger partial charge < -0.3 is 5.11 Å². The highest BCUT2D eigenvalue weighted by Crippen LogP contribution is 2.30. The van der Waals surface area contributed by atoms with Gasteiger partial charge in [0.15, 0.2) is 10.8 Å². The molecule has 0 atom stereocenters. The van der Waals surface area contributed by atoms with E-state index in [0.29, 0.717) is 0 Å². The maximum atomic E-state index is 12.1. The SMILES string of the molecule is O=[N+]([O-])c1ccc(S(=O)(=O)c2ccccn2)cc1O. The first-order valence-electron chi connectivity index (χ1n) is 5.06. The summed E-state index contributed by atoms with van der Waals surface area (Å²) in [6.45, 7) is 0. The van der Waals surface area contributed by atoms with Gasteiger partial charge in [-0.2, -0.15) is 0 Å². The molecule has 0 unspecified atom stereocenters. The third-order valence-corrected chi connectivity index (χ3v) is 4.03. The normalized spacial score (nSPS) is 11.2. The molecule has 8 heteroatoms. The van der Waals surface area contributed by atoms with E-state index in [1.54, 1.807) is 6.07 Å². The minimum atomic E-state index is -3.90. The van der Waals surface area contributed by atoms with E-state index in [2.05, 4.69) is 4.98 Å². The van der Waals surface area contributed by atoms with Crippen molar-refractivity contribution in [3.63, 3.8) is 0 Å². The molecular formula is C11H8N2O5S. The summed E-state index contributed by atoms with van der Waals surface area (Å²) < 4.78 is 24.2. The van der Waals surface area contributed by atoms with Gasteiger partial charge in [-0.25, -0.2) is 13.4 Å². The Bertz CT molecular complexity index is 728. The molecule has 0 radical (unpaired) electrons. The molecule has 2 rings (SSSR count). The van der Waals surface area contributed by atoms with Crippen molar-refractivity contribution in [1.29, 1.82) is 0 Å². The number of aromatic nitrogens is 1. The third-order valence-electron chi connectivity index (χ3n) is 2.37. The standard InChI is InChI=1S/C11H8N2O5S/c14-10-7-8(4-5-9(10)13(15)16)19(17,18)11-3-1-2-6-12-11/h1-7,14H. The summed E-state index contributed by atoms with van der Waals surface area (Å²) in [4.78, 5) is 13.2. The van der Waals surface area contributed by atoms with Crippen molar-refractivity contribution in [2.75, 3.05) is 0 Å². The van der Waals surface area contributed by atoms with Crippen molar-refractivity contribution in [2.24, 2.45) is 0 Å². The van der Waals surface area contributed by atoms with Gasteiger partial charge in [-0.3, -0.25) is 10.1 Å². The van der Waals surface area contributed by atoms with Crippen LogP contribution in [0.1, 0.15) is 0 Å². The van der Waals surface area contributed by atoms with Crippen LogP contribution in [0.15, 0.2) is 52.5 Å². The Morgan fingerprint density at radius 1 is 1.21 bits per heavy atom. The van der Waals surface area contributed by atoms with E-state index in [1.807, 2.05) is 0 Å². The first-order chi connectivity index (χ1) is 8.93. The van der Waals surface area contributed by atoms with Crippen molar-refractivity contribution < 1.29 is 18.4 Å². The Balaban J connectivity index is 2.54. The van der Waals surface area contributed by atoms with Crippen LogP contribution in [-0.4, -0.2) is 23.4 Å². The van der Waals surface area contributed by atoms with Crippen molar-refractivity contribution in [3.05, 3.63) is 52.7 Å². The molecule has 0 bridgehead atoms. The van der Waals surface area contributed by atoms with E-state index < -0.39 is 26.2 Å². The number of sulfone groups is 1. The molecule has 0 spiro atoms. The highest BCUT2D eigenvalue weighted by Gasteiger charge is 2.22. The van der Waals surface area contributed by atoms with Crippen LogP contribution in [0, 0.1) is 10.1 Å². The number of aromatic hydroxyl groups is 1. The van der Waals surface area contributed by atoms with Crippen molar-refractivity contribution in [3.8, 4) is 5.75 Å². The molecule has 0 saturated carbocycles. The van der Waals surface area contributed by atoms with Crippen molar-refractivity contribution >= 4 is 15.5 Å². The summed E-state index contributed by atoms with van der Waals surface area (Å²) >= 11 is 0. The summed E-state index contributed by atoms with van der Waals surface area (Å²) in [5.74, 6) is -0.706. The Hall–Kier alpha value is -2.48. The maximum Gasteiger partial charge on any atom is 0.310 e. The van der Waals surface area contributed by atoms with Gasteiger partial charge in [0.1, 0.15) is 0 Å². The number of rotatable bonds is 3. The van der Waals surface area contributed by atoms with Crippen LogP contribution in [-0.2, 0) is 9.84 Å². The summed E-state index contributed by atoms with van der Waals surface area (Å²) in [6.07, 6.45) is 1.32. The Labute approximate surface area is 108 Å². The smallest absolute Gasteiger partial charge is 0.310 e. The lowest BCUT2D eigenvalue weighted by atomic mass is 10.3. The van der Waals surface area contributed by atoms with Gasteiger partial charge in [-0.15, -0.1) is 0 Å². The summed E-state index contributed by atoms with van der Waals surface area (Å²) in [5, 5.41) is 19.8. The molecule has 98 valence electrons. The molecule has 1 aromatic carbocycles. The Morgan fingerprint density at radius 2 is 1.95 bits per heavy atom. The summed E-state index contributed by atoms with van der Waals surface area (Å²) in [5.41, 5.74) is -0.556. The van der Waals surface area contributed by atoms with E-state index in [1.165, 1.54) is 18.3 Å². The average Bonchev–Trinajstić information content (AvgIpc) is 2.39. The molecular weight excluding hydrogens is 272 g/mol. The van der Waals surface area contributed by atoms with Crippen LogP contribution in [0.25, 0.3) is 0 Å². The first-order valence-corrected chi connectivity index (χ1v) is 6.55. The van der Waals surface area contributed by atoms with E-state index in [-0.39, 0.29) is 9.92 Å². The van der Waals surface area contributed by atoms with Crippen molar-refractivity contribution in [1.82, 2.24) is 4.98 Å². The number of phenolic OH excluding ortho intramolecular Hbond substituents is 1. The number of phenols is 1. The number of benzene rings is 1. The number of nitro groups is 1. The second-order valence-corrected chi connectivity index (χ2v) is 5.48. The highest BCUT2D eigenvalue weighted by atomic mass is 32.2. The minimum Gasteiger partial charge on any atom is -0.502 e. The van der Waals surface area contributed by atoms with Gasteiger partial charge in [0.2, 0.25) is 9.84 Å². The van der Waals surface area contributed by atoms with Crippen molar-refractivity contribution in [2.45, 2.75) is 9.92 Å². The third kappa shape index (κ3) is 2.38. The zero-order chi connectivity index (χ0) is 14.0. The second-order valence-electron chi connectivity index (χ2n) is 3.58. The fourth-order valence-corrected chi connectivity index (χ4v) is 2.66. The summed E-state index contributed by atoms with van der Waals surface area (Å²) in [6, 6.07) is 7.19. The molecule has 0 aliphatic carbocycles. The van der Waals surface area contributed by atoms with Crippen LogP contribution in [0.5, 0.6) is 5.75 Å². The lowest BCUT2D eigenvalue weighted by Crippen LogP contribution is -2.04. The molecule has 0 saturated heterocycles. The summed E-state index contributed by atoms with van der Waals surface area (Å²) in [7, 11) is -3.90. The van der Waals surface area contributed by atoms with E-state index in [9.17, 15) is 23.6 Å². The molecule has 7 nitrogen and oxygen atoms in total. The van der Waals surface area contributed by atoms with Gasteiger partial charge in [-0.05, 0) is 18.2 Å². The molecule has 0 fully saturated rings. The number of hydrogen-bond acceptors (Lipinski definition) is 6. The minimum absolute atomic E-state index is 0.191. The molecule has 19 heavy (non-hydrogen) atoms. The largest absolute Gasteiger partial charge is 0.502 e. The molecule has 0 aliphatic rings. The fraction of sp³-hybridized carbons (Fsp3) is 0. The van der Waals surface area contributed by atoms with Gasteiger partial charge in [0.25, 0.3) is 0 Å². The highest BCUT2D eigenvalue weighted by molar-refractivity contribution is 7.91. The zero-order valence-electron chi connectivity index (χ0n) is 9.42. The quantitative estimate of drug-likeness (QED) is 0.674. The molecule has 1 heterocycles. The zero-order valence-corrected chi connectivity index (χ0v) is 10.2. The lowest BCUT2D eigenvalue weighted by Gasteiger charge is -2.04. The second kappa shape index (κ2) is 4.65. The van der Waals surface area contributed by atoms with Crippen LogP contribution in [0.3, 0.4) is 0 Å². The molecule has 0 aliphatic heterocycles. The van der Waals surface area contributed by atoms with Crippen LogP contribution in [0.2, 0.25) is 0 Å². The molecule has 0 amide bonds. The topological polar surface area (TPSA) is 110 Å². The van der Waals surface area contributed by atoms with Gasteiger partial charge >= 0.3 is 5.69 Å². The predicted octanol–water partition coefficient (Wildman–Crippen LogP) is 1.53. The van der Waals surface area contributed by atoms with Gasteiger partial charge in [-0.1, -0.05) is 6.07 Å². The lowest BCUT2D eigenvalue weighted by molar-refractivity contribution is -0.385. The molecule has 2 aromatic rings. The number of nitrogens with zero attached hydrogens (tertiary/aromatic N) is 2. The molecule has 1 aromatic heterocycles. The molecule has 1 N–H and O–H groups in total. The van der Waals surface area contributed by atoms with Crippen LogP contribution < -0.4 is 0 Å². The van der Waals surface area contributed by atoms with E-state index in [4.69, 9.17) is 0 Å². The van der Waals surface area contributed by atoms with Crippen LogP contribution in [0.4, 0.5) is 5.69 Å². The number of nitro benzene ring substituents is 1. The van der Waals surface area contributed by atoms with Gasteiger partial charge in [0.05, 0.1) is 9.82 Å². The fourth-order valence-electron chi connectivity index (χ4n) is 1.45. The van der Waals surface area contributed by atoms with Crippen LogP contribution >= 0.6 is 0 Å². The van der Waals surface area contributed by atoms with E-state index >= 15 is 0 Å². The average molecular weight is 280 g/mol.